The molecule has 4 rings (SSSR count). The van der Waals surface area contributed by atoms with E-state index in [1.54, 1.807) is 18.2 Å². The highest BCUT2D eigenvalue weighted by molar-refractivity contribution is 5.95. The van der Waals surface area contributed by atoms with Gasteiger partial charge < -0.3 is 10.2 Å². The molecule has 0 radical (unpaired) electrons. The molecule has 0 spiro atoms. The maximum absolute atomic E-state index is 13.5. The first-order valence-electron chi connectivity index (χ1n) is 10.6. The molecule has 6 heteroatoms. The number of rotatable bonds is 7. The maximum Gasteiger partial charge on any atom is 0.332 e. The summed E-state index contributed by atoms with van der Waals surface area (Å²) in [6, 6.07) is 11.5. The largest absolute Gasteiger partial charge is 0.481 e. The molecule has 0 aromatic heterocycles. The number of aliphatic carboxylic acids is 2. The molecule has 0 amide bonds. The van der Waals surface area contributed by atoms with Crippen molar-refractivity contribution in [3.63, 3.8) is 0 Å². The number of carboxylic acids is 2. The molecule has 1 fully saturated rings. The summed E-state index contributed by atoms with van der Waals surface area (Å²) in [5.41, 5.74) is 1.34. The standard InChI is InChI=1S/C26H24F2O4/c1-26(25(31)32)14-18(5-2-15-3-10-19(27)11-4-15)21(16-6-7-16)22(24(29)30)23(26)17-8-12-20(28)13-9-17/h3-4,8-14,16,23H,2,5-7H2,1H3,(H,29,30)(H,31,32). The summed E-state index contributed by atoms with van der Waals surface area (Å²) in [4.78, 5) is 25.0. The first-order chi connectivity index (χ1) is 15.2. The lowest BCUT2D eigenvalue weighted by molar-refractivity contribution is -0.146. The summed E-state index contributed by atoms with van der Waals surface area (Å²) in [5.74, 6) is -3.97. The van der Waals surface area contributed by atoms with E-state index in [-0.39, 0.29) is 17.3 Å². The first-order valence-corrected chi connectivity index (χ1v) is 10.6. The van der Waals surface area contributed by atoms with Gasteiger partial charge in [0.1, 0.15) is 11.6 Å². The maximum atomic E-state index is 13.5. The summed E-state index contributed by atoms with van der Waals surface area (Å²) in [6.07, 6.45) is 4.37. The average Bonchev–Trinajstić information content (AvgIpc) is 3.58. The van der Waals surface area contributed by atoms with Crippen LogP contribution in [0.25, 0.3) is 0 Å². The summed E-state index contributed by atoms with van der Waals surface area (Å²) in [7, 11) is 0. The predicted octanol–water partition coefficient (Wildman–Crippen LogP) is 5.50. The van der Waals surface area contributed by atoms with Gasteiger partial charge in [0.05, 0.1) is 5.41 Å². The molecule has 0 bridgehead atoms. The van der Waals surface area contributed by atoms with Gasteiger partial charge in [0.25, 0.3) is 0 Å². The highest BCUT2D eigenvalue weighted by Gasteiger charge is 2.50. The van der Waals surface area contributed by atoms with Crippen molar-refractivity contribution in [1.29, 1.82) is 0 Å². The lowest BCUT2D eigenvalue weighted by Gasteiger charge is -2.39. The summed E-state index contributed by atoms with van der Waals surface area (Å²) in [5, 5.41) is 20.4. The Balaban J connectivity index is 1.82. The quantitative estimate of drug-likeness (QED) is 0.598. The number of hydrogen-bond acceptors (Lipinski definition) is 2. The van der Waals surface area contributed by atoms with Crippen LogP contribution in [0.3, 0.4) is 0 Å². The van der Waals surface area contributed by atoms with Gasteiger partial charge in [-0.1, -0.05) is 30.3 Å². The predicted molar refractivity (Wildman–Crippen MR) is 115 cm³/mol. The highest BCUT2D eigenvalue weighted by Crippen LogP contribution is 2.55. The molecule has 2 unspecified atom stereocenters. The molecular formula is C26H24F2O4. The molecule has 0 heterocycles. The van der Waals surface area contributed by atoms with E-state index in [0.717, 1.165) is 24.0 Å². The van der Waals surface area contributed by atoms with Gasteiger partial charge in [-0.2, -0.15) is 0 Å². The van der Waals surface area contributed by atoms with Gasteiger partial charge in [0.15, 0.2) is 0 Å². The molecule has 0 saturated heterocycles. The number of carboxylic acid groups (broad SMARTS) is 2. The Kier molecular flexibility index (Phi) is 5.71. The summed E-state index contributed by atoms with van der Waals surface area (Å²) in [6.45, 7) is 1.52. The molecule has 4 nitrogen and oxygen atoms in total. The van der Waals surface area contributed by atoms with Crippen molar-refractivity contribution in [2.75, 3.05) is 0 Å². The fourth-order valence-corrected chi connectivity index (χ4v) is 4.73. The van der Waals surface area contributed by atoms with E-state index in [0.29, 0.717) is 24.0 Å². The molecule has 2 aromatic carbocycles. The Morgan fingerprint density at radius 3 is 2.00 bits per heavy atom. The Labute approximate surface area is 184 Å². The number of aryl methyl sites for hydroxylation is 1. The fourth-order valence-electron chi connectivity index (χ4n) is 4.73. The first kappa shape index (κ1) is 21.9. The van der Waals surface area contributed by atoms with E-state index in [9.17, 15) is 28.6 Å². The van der Waals surface area contributed by atoms with E-state index in [2.05, 4.69) is 0 Å². The van der Waals surface area contributed by atoms with Gasteiger partial charge in [0.2, 0.25) is 0 Å². The van der Waals surface area contributed by atoms with Crippen LogP contribution in [-0.4, -0.2) is 22.2 Å². The van der Waals surface area contributed by atoms with E-state index >= 15 is 0 Å². The number of allylic oxidation sites excluding steroid dienone is 2. The second kappa shape index (κ2) is 8.34. The van der Waals surface area contributed by atoms with Gasteiger partial charge in [-0.25, -0.2) is 13.6 Å². The molecule has 2 N–H and O–H groups in total. The van der Waals surface area contributed by atoms with Crippen molar-refractivity contribution >= 4 is 11.9 Å². The third kappa shape index (κ3) is 4.09. The Morgan fingerprint density at radius 1 is 0.938 bits per heavy atom. The van der Waals surface area contributed by atoms with Crippen molar-refractivity contribution in [2.45, 2.75) is 38.5 Å². The minimum atomic E-state index is -1.51. The zero-order valence-corrected chi connectivity index (χ0v) is 17.6. The van der Waals surface area contributed by atoms with Crippen LogP contribution < -0.4 is 0 Å². The molecule has 2 aliphatic rings. The smallest absolute Gasteiger partial charge is 0.332 e. The van der Waals surface area contributed by atoms with Crippen molar-refractivity contribution in [3.05, 3.63) is 94.1 Å². The molecule has 2 aromatic rings. The van der Waals surface area contributed by atoms with Gasteiger partial charge in [-0.15, -0.1) is 0 Å². The molecule has 1 saturated carbocycles. The molecule has 0 aliphatic heterocycles. The Morgan fingerprint density at radius 2 is 1.50 bits per heavy atom. The molecule has 32 heavy (non-hydrogen) atoms. The van der Waals surface area contributed by atoms with Crippen LogP contribution in [0.5, 0.6) is 0 Å². The SMILES string of the molecule is CC1(C(=O)O)C=C(CCc2ccc(F)cc2)C(C2CC2)=C(C(=O)O)C1c1ccc(F)cc1. The van der Waals surface area contributed by atoms with E-state index < -0.39 is 29.1 Å². The second-order valence-electron chi connectivity index (χ2n) is 8.78. The monoisotopic (exact) mass is 438 g/mol. The third-order valence-electron chi connectivity index (χ3n) is 6.47. The minimum absolute atomic E-state index is 0.0712. The van der Waals surface area contributed by atoms with Crippen LogP contribution >= 0.6 is 0 Å². The highest BCUT2D eigenvalue weighted by atomic mass is 19.1. The van der Waals surface area contributed by atoms with Gasteiger partial charge in [0, 0.05) is 11.5 Å². The van der Waals surface area contributed by atoms with Crippen molar-refractivity contribution in [2.24, 2.45) is 11.3 Å². The summed E-state index contributed by atoms with van der Waals surface area (Å²) < 4.78 is 26.8. The third-order valence-corrected chi connectivity index (χ3v) is 6.47. The second-order valence-corrected chi connectivity index (χ2v) is 8.78. The number of halogens is 2. The number of carbonyl (C=O) groups is 2. The molecule has 2 atom stereocenters. The summed E-state index contributed by atoms with van der Waals surface area (Å²) >= 11 is 0. The van der Waals surface area contributed by atoms with Crippen LogP contribution in [0.15, 0.2) is 71.3 Å². The van der Waals surface area contributed by atoms with Crippen LogP contribution in [0, 0.1) is 23.0 Å². The Hall–Kier alpha value is -3.28. The van der Waals surface area contributed by atoms with Crippen molar-refractivity contribution in [1.82, 2.24) is 0 Å². The van der Waals surface area contributed by atoms with Gasteiger partial charge in [-0.05, 0) is 85.1 Å². The Bertz CT molecular complexity index is 1110. The lowest BCUT2D eigenvalue weighted by Crippen LogP contribution is -2.39. The van der Waals surface area contributed by atoms with Crippen molar-refractivity contribution < 1.29 is 28.6 Å². The lowest BCUT2D eigenvalue weighted by atomic mass is 9.63. The van der Waals surface area contributed by atoms with Crippen LogP contribution in [0.1, 0.15) is 43.2 Å². The van der Waals surface area contributed by atoms with E-state index in [1.165, 1.54) is 43.3 Å². The van der Waals surface area contributed by atoms with E-state index in [4.69, 9.17) is 0 Å². The zero-order valence-electron chi connectivity index (χ0n) is 17.6. The number of hydrogen-bond donors (Lipinski definition) is 2. The van der Waals surface area contributed by atoms with Crippen molar-refractivity contribution in [3.8, 4) is 0 Å². The molecule has 166 valence electrons. The normalized spacial score (nSPS) is 23.1. The topological polar surface area (TPSA) is 74.6 Å². The van der Waals surface area contributed by atoms with Crippen LogP contribution in [-0.2, 0) is 16.0 Å². The van der Waals surface area contributed by atoms with Gasteiger partial charge >= 0.3 is 11.9 Å². The number of benzene rings is 2. The average molecular weight is 438 g/mol. The molecular weight excluding hydrogens is 414 g/mol. The van der Waals surface area contributed by atoms with E-state index in [1.807, 2.05) is 0 Å². The fraction of sp³-hybridized carbons (Fsp3) is 0.308. The zero-order chi connectivity index (χ0) is 23.0. The van der Waals surface area contributed by atoms with Crippen LogP contribution in [0.2, 0.25) is 0 Å². The van der Waals surface area contributed by atoms with Crippen LogP contribution in [0.4, 0.5) is 8.78 Å². The van der Waals surface area contributed by atoms with Gasteiger partial charge in [-0.3, -0.25) is 4.79 Å². The minimum Gasteiger partial charge on any atom is -0.481 e. The molecule has 2 aliphatic carbocycles.